The monoisotopic (exact) mass is 395 g/mol. The summed E-state index contributed by atoms with van der Waals surface area (Å²) >= 11 is 0. The molecule has 0 amide bonds. The topological polar surface area (TPSA) is 31.6 Å². The third-order valence-corrected chi connectivity index (χ3v) is 6.65. The summed E-state index contributed by atoms with van der Waals surface area (Å²) in [5, 5.41) is 0.907. The Balaban J connectivity index is 1.62. The number of hydrogen-bond acceptors (Lipinski definition) is 3. The summed E-state index contributed by atoms with van der Waals surface area (Å²) in [6, 6.07) is 9.91. The van der Waals surface area contributed by atoms with Crippen LogP contribution in [-0.4, -0.2) is 6.71 Å². The van der Waals surface area contributed by atoms with Gasteiger partial charge >= 0.3 is 6.71 Å². The molecule has 0 radical (unpaired) electrons. The Kier molecular flexibility index (Phi) is 2.47. The fourth-order valence-corrected chi connectivity index (χ4v) is 5.12. The van der Waals surface area contributed by atoms with Gasteiger partial charge in [0.05, 0.1) is 9.50 Å². The quantitative estimate of drug-likeness (QED) is 0.354. The molecule has 7 rings (SSSR count). The fraction of sp³-hybridized carbons (Fsp3) is 0.231. The molecule has 3 nitrogen and oxygen atoms in total. The maximum atomic E-state index is 8.63. The van der Waals surface area contributed by atoms with Crippen LogP contribution in [0.2, 0.25) is 0 Å². The summed E-state index contributed by atoms with van der Waals surface area (Å²) in [6.07, 6.45) is 1.95. The molecule has 0 unspecified atom stereocenters. The van der Waals surface area contributed by atoms with Crippen molar-refractivity contribution in [2.45, 2.75) is 39.0 Å². The van der Waals surface area contributed by atoms with Crippen LogP contribution in [0.25, 0.3) is 11.0 Å². The highest BCUT2D eigenvalue weighted by atomic mass is 16.5. The maximum absolute atomic E-state index is 8.63. The summed E-state index contributed by atoms with van der Waals surface area (Å²) in [5.74, 6) is 1.99. The zero-order chi connectivity index (χ0) is 22.8. The average Bonchev–Trinajstić information content (AvgIpc) is 3.13. The van der Waals surface area contributed by atoms with Crippen LogP contribution in [0, 0.1) is 0 Å². The maximum Gasteiger partial charge on any atom is 0.305 e. The minimum absolute atomic E-state index is 0.0788. The molecule has 4 heteroatoms. The predicted octanol–water partition coefficient (Wildman–Crippen LogP) is 4.56. The van der Waals surface area contributed by atoms with Crippen LogP contribution in [0.15, 0.2) is 52.9 Å². The van der Waals surface area contributed by atoms with E-state index in [4.69, 9.17) is 18.0 Å². The van der Waals surface area contributed by atoms with E-state index >= 15 is 0 Å². The minimum atomic E-state index is -0.345. The van der Waals surface area contributed by atoms with Gasteiger partial charge in [0.2, 0.25) is 0 Å². The van der Waals surface area contributed by atoms with Gasteiger partial charge < -0.3 is 13.9 Å². The van der Waals surface area contributed by atoms with E-state index in [1.165, 1.54) is 11.1 Å². The van der Waals surface area contributed by atoms with Crippen molar-refractivity contribution in [1.82, 2.24) is 0 Å². The molecule has 4 aromatic rings. The van der Waals surface area contributed by atoms with Gasteiger partial charge in [-0.2, -0.15) is 0 Å². The molecule has 1 aromatic heterocycles. The van der Waals surface area contributed by atoms with Crippen LogP contribution >= 0.6 is 0 Å². The molecule has 30 heavy (non-hydrogen) atoms. The molecular weight excluding hydrogens is 371 g/mol. The van der Waals surface area contributed by atoms with E-state index in [1.807, 2.05) is 12.1 Å². The first-order valence-electron chi connectivity index (χ1n) is 12.0. The first kappa shape index (κ1) is 14.0. The fourth-order valence-electron chi connectivity index (χ4n) is 5.12. The molecule has 0 spiro atoms. The van der Waals surface area contributed by atoms with E-state index in [0.717, 1.165) is 40.6 Å². The number of hydrogen-bond donors (Lipinski definition) is 0. The molecular formula is C26H21BO3. The molecule has 0 bridgehead atoms. The van der Waals surface area contributed by atoms with E-state index in [0.29, 0.717) is 28.4 Å². The second kappa shape index (κ2) is 5.31. The molecule has 0 fully saturated rings. The van der Waals surface area contributed by atoms with E-state index < -0.39 is 0 Å². The second-order valence-corrected chi connectivity index (χ2v) is 9.43. The Morgan fingerprint density at radius 3 is 2.50 bits per heavy atom. The van der Waals surface area contributed by atoms with E-state index in [-0.39, 0.29) is 30.3 Å². The van der Waals surface area contributed by atoms with Crippen LogP contribution < -0.4 is 26.1 Å². The van der Waals surface area contributed by atoms with Gasteiger partial charge in [-0.3, -0.25) is 0 Å². The van der Waals surface area contributed by atoms with E-state index in [2.05, 4.69) is 39.0 Å². The lowest BCUT2D eigenvalue weighted by Gasteiger charge is -2.34. The summed E-state index contributed by atoms with van der Waals surface area (Å²) in [6.45, 7) is 6.12. The Bertz CT molecular complexity index is 1550. The molecule has 3 aromatic carbocycles. The summed E-state index contributed by atoms with van der Waals surface area (Å²) in [5.41, 5.74) is 6.40. The van der Waals surface area contributed by atoms with Crippen LogP contribution in [0.5, 0.6) is 23.0 Å². The second-order valence-electron chi connectivity index (χ2n) is 9.43. The molecule has 0 atom stereocenters. The normalized spacial score (nSPS) is 16.8. The number of aryl methyl sites for hydroxylation is 1. The Morgan fingerprint density at radius 2 is 1.77 bits per heavy atom. The van der Waals surface area contributed by atoms with Crippen LogP contribution in [0.3, 0.4) is 0 Å². The van der Waals surface area contributed by atoms with Crippen molar-refractivity contribution in [3.63, 3.8) is 0 Å². The van der Waals surface area contributed by atoms with Crippen molar-refractivity contribution < 1.29 is 18.0 Å². The Hall–Kier alpha value is -3.14. The lowest BCUT2D eigenvalue weighted by molar-refractivity contribution is 0.454. The van der Waals surface area contributed by atoms with Gasteiger partial charge in [-0.15, -0.1) is 0 Å². The van der Waals surface area contributed by atoms with Crippen LogP contribution in [0.4, 0.5) is 0 Å². The minimum Gasteiger partial charge on any atom is -0.466 e. The summed E-state index contributed by atoms with van der Waals surface area (Å²) in [4.78, 5) is 0. The van der Waals surface area contributed by atoms with Crippen molar-refractivity contribution in [1.29, 1.82) is 0 Å². The first-order chi connectivity index (χ1) is 15.8. The largest absolute Gasteiger partial charge is 0.466 e. The first-order valence-corrected chi connectivity index (χ1v) is 10.5. The highest BCUT2D eigenvalue weighted by molar-refractivity contribution is 6.97. The number of ether oxygens (including phenoxy) is 2. The van der Waals surface area contributed by atoms with Gasteiger partial charge in [0.15, 0.2) is 5.75 Å². The summed E-state index contributed by atoms with van der Waals surface area (Å²) < 4.78 is 44.8. The van der Waals surface area contributed by atoms with Gasteiger partial charge in [-0.25, -0.2) is 0 Å². The number of furan rings is 1. The van der Waals surface area contributed by atoms with E-state index in [9.17, 15) is 0 Å². The standard InChI is InChI=1S/C26H21BO3/c1-26(2,3)16-6-4-7-18-21(16)24-25(30-18)27-17-13-11-14-10-12-15(14)23(17)28-19-8-5-9-20(29-24)22(19)27/h4-9,11,13H,10,12H2,1-3H3/i5D,8D,9D. The smallest absolute Gasteiger partial charge is 0.305 e. The molecule has 146 valence electrons. The lowest BCUT2D eigenvalue weighted by Crippen LogP contribution is -2.57. The number of fused-ring (bicyclic) bond motifs is 8. The van der Waals surface area contributed by atoms with Crippen molar-refractivity contribution in [3.8, 4) is 23.0 Å². The zero-order valence-corrected chi connectivity index (χ0v) is 17.1. The van der Waals surface area contributed by atoms with Crippen molar-refractivity contribution in [2.75, 3.05) is 0 Å². The third kappa shape index (κ3) is 1.97. The average molecular weight is 395 g/mol. The van der Waals surface area contributed by atoms with Crippen molar-refractivity contribution >= 4 is 34.3 Å². The van der Waals surface area contributed by atoms with Gasteiger partial charge in [-0.1, -0.05) is 51.1 Å². The number of benzene rings is 3. The van der Waals surface area contributed by atoms with Crippen LogP contribution in [0.1, 0.15) is 41.6 Å². The molecule has 0 N–H and O–H groups in total. The molecule has 3 aliphatic rings. The number of rotatable bonds is 0. The van der Waals surface area contributed by atoms with Crippen LogP contribution in [-0.2, 0) is 18.3 Å². The van der Waals surface area contributed by atoms with Crippen molar-refractivity contribution in [3.05, 3.63) is 65.1 Å². The molecule has 0 saturated heterocycles. The van der Waals surface area contributed by atoms with Gasteiger partial charge in [-0.05, 0) is 58.6 Å². The van der Waals surface area contributed by atoms with Crippen molar-refractivity contribution in [2.24, 2.45) is 0 Å². The third-order valence-electron chi connectivity index (χ3n) is 6.65. The van der Waals surface area contributed by atoms with Gasteiger partial charge in [0, 0.05) is 5.46 Å². The van der Waals surface area contributed by atoms with Gasteiger partial charge in [0.25, 0.3) is 0 Å². The molecule has 0 saturated carbocycles. The Labute approximate surface area is 179 Å². The lowest BCUT2D eigenvalue weighted by atomic mass is 9.36. The summed E-state index contributed by atoms with van der Waals surface area (Å²) in [7, 11) is 0. The Morgan fingerprint density at radius 1 is 0.967 bits per heavy atom. The zero-order valence-electron chi connectivity index (χ0n) is 20.1. The molecule has 2 aliphatic heterocycles. The predicted molar refractivity (Wildman–Crippen MR) is 120 cm³/mol. The van der Waals surface area contributed by atoms with E-state index in [1.54, 1.807) is 0 Å². The SMILES string of the molecule is [2H]c1c([2H])c2c3c(c1[2H])Oc1c(oc4cccc(C(C)(C)C)c14)B3c1ccc3c(c1O2)CC3. The van der Waals surface area contributed by atoms with Gasteiger partial charge in [0.1, 0.15) is 28.5 Å². The molecule has 3 heterocycles. The molecule has 1 aliphatic carbocycles. The highest BCUT2D eigenvalue weighted by Crippen LogP contribution is 2.43. The highest BCUT2D eigenvalue weighted by Gasteiger charge is 2.45.